The van der Waals surface area contributed by atoms with Crippen LogP contribution in [0.1, 0.15) is 49.0 Å². The van der Waals surface area contributed by atoms with Crippen molar-refractivity contribution in [2.45, 2.75) is 51.8 Å². The van der Waals surface area contributed by atoms with Crippen LogP contribution < -0.4 is 20.1 Å². The average molecular weight is 575 g/mol. The topological polar surface area (TPSA) is 110 Å². The van der Waals surface area contributed by atoms with E-state index < -0.39 is 18.0 Å². The molecule has 0 radical (unpaired) electrons. The number of amides is 3. The van der Waals surface area contributed by atoms with Crippen LogP contribution in [0.4, 0.5) is 4.39 Å². The van der Waals surface area contributed by atoms with Crippen LogP contribution in [0.2, 0.25) is 0 Å². The van der Waals surface area contributed by atoms with Crippen LogP contribution in [-0.2, 0) is 16.1 Å². The quantitative estimate of drug-likeness (QED) is 0.487. The van der Waals surface area contributed by atoms with Crippen molar-refractivity contribution in [3.8, 4) is 22.6 Å². The van der Waals surface area contributed by atoms with Crippen molar-refractivity contribution >= 4 is 17.7 Å². The van der Waals surface area contributed by atoms with E-state index in [0.29, 0.717) is 47.7 Å². The van der Waals surface area contributed by atoms with E-state index in [2.05, 4.69) is 29.5 Å². The third-order valence-corrected chi connectivity index (χ3v) is 7.40. The van der Waals surface area contributed by atoms with Crippen molar-refractivity contribution in [2.24, 2.45) is 5.92 Å². The molecule has 2 N–H and O–H groups in total. The summed E-state index contributed by atoms with van der Waals surface area (Å²) in [6.45, 7) is 4.73. The first kappa shape index (κ1) is 29.0. The molecule has 0 unspecified atom stereocenters. The Labute approximate surface area is 244 Å². The molecule has 0 saturated carbocycles. The number of carbonyl (C=O) groups excluding carboxylic acids is 3. The average Bonchev–Trinajstić information content (AvgIpc) is 2.98. The van der Waals surface area contributed by atoms with Gasteiger partial charge in [0, 0.05) is 56.5 Å². The lowest BCUT2D eigenvalue weighted by atomic mass is 9.99. The maximum atomic E-state index is 14.6. The number of nitrogens with zero attached hydrogens (tertiary/aromatic N) is 2. The number of fused-ring (bicyclic) bond motifs is 8. The molecule has 2 aliphatic heterocycles. The monoisotopic (exact) mass is 574 g/mol. The highest BCUT2D eigenvalue weighted by atomic mass is 19.1. The van der Waals surface area contributed by atoms with E-state index in [0.717, 1.165) is 12.0 Å². The summed E-state index contributed by atoms with van der Waals surface area (Å²) in [5.74, 6) is -0.0606. The predicted molar refractivity (Wildman–Crippen MR) is 154 cm³/mol. The van der Waals surface area contributed by atoms with Gasteiger partial charge in [-0.05, 0) is 53.8 Å². The van der Waals surface area contributed by atoms with Crippen molar-refractivity contribution in [1.29, 1.82) is 0 Å². The first-order valence-corrected chi connectivity index (χ1v) is 14.2. The lowest BCUT2D eigenvalue weighted by Crippen LogP contribution is -2.58. The van der Waals surface area contributed by atoms with Gasteiger partial charge in [-0.1, -0.05) is 26.0 Å². The van der Waals surface area contributed by atoms with Gasteiger partial charge in [0.1, 0.15) is 23.4 Å². The molecule has 2 aromatic carbocycles. The van der Waals surface area contributed by atoms with Crippen LogP contribution in [0, 0.1) is 11.7 Å². The molecule has 3 heterocycles. The largest absolute Gasteiger partial charge is 0.488 e. The number of aromatic nitrogens is 1. The number of likely N-dealkylation sites (tertiary alicyclic amines) is 1. The number of hydrogen-bond acceptors (Lipinski definition) is 6. The third kappa shape index (κ3) is 7.43. The summed E-state index contributed by atoms with van der Waals surface area (Å²) < 4.78 is 26.5. The molecule has 2 aliphatic rings. The smallest absolute Gasteiger partial charge is 0.258 e. The zero-order chi connectivity index (χ0) is 29.6. The Hall–Kier alpha value is -4.47. The second kappa shape index (κ2) is 13.0. The van der Waals surface area contributed by atoms with E-state index in [9.17, 15) is 18.8 Å². The Morgan fingerprint density at radius 2 is 1.90 bits per heavy atom. The summed E-state index contributed by atoms with van der Waals surface area (Å²) in [5.41, 5.74) is 2.32. The fraction of sp³-hybridized carbons (Fsp3) is 0.375. The van der Waals surface area contributed by atoms with Gasteiger partial charge in [0.25, 0.3) is 11.8 Å². The summed E-state index contributed by atoms with van der Waals surface area (Å²) in [4.78, 5) is 45.0. The van der Waals surface area contributed by atoms with Crippen LogP contribution in [0.5, 0.6) is 11.5 Å². The fourth-order valence-electron chi connectivity index (χ4n) is 5.11. The third-order valence-electron chi connectivity index (χ3n) is 7.40. The van der Waals surface area contributed by atoms with Gasteiger partial charge in [-0.25, -0.2) is 4.39 Å². The van der Waals surface area contributed by atoms with Crippen LogP contribution in [0.15, 0.2) is 60.9 Å². The van der Waals surface area contributed by atoms with Crippen molar-refractivity contribution < 1.29 is 28.2 Å². The molecule has 0 aliphatic carbocycles. The van der Waals surface area contributed by atoms with Gasteiger partial charge >= 0.3 is 0 Å². The normalized spacial score (nSPS) is 19.2. The highest BCUT2D eigenvalue weighted by molar-refractivity contribution is 5.95. The van der Waals surface area contributed by atoms with Gasteiger partial charge < -0.3 is 25.0 Å². The first-order chi connectivity index (χ1) is 20.2. The molecule has 5 rings (SSSR count). The van der Waals surface area contributed by atoms with Gasteiger partial charge in [-0.2, -0.15) is 0 Å². The number of pyridine rings is 1. The molecule has 9 nitrogen and oxygen atoms in total. The van der Waals surface area contributed by atoms with E-state index >= 15 is 0 Å². The highest BCUT2D eigenvalue weighted by Crippen LogP contribution is 2.26. The zero-order valence-electron chi connectivity index (χ0n) is 23.8. The molecule has 2 atom stereocenters. The predicted octanol–water partition coefficient (Wildman–Crippen LogP) is 4.11. The van der Waals surface area contributed by atoms with Gasteiger partial charge in [0.2, 0.25) is 5.91 Å². The second-order valence-electron chi connectivity index (χ2n) is 11.1. The summed E-state index contributed by atoms with van der Waals surface area (Å²) in [6, 6.07) is 12.6. The molecule has 1 saturated heterocycles. The summed E-state index contributed by atoms with van der Waals surface area (Å²) in [7, 11) is 0. The molecule has 6 bridgehead atoms. The van der Waals surface area contributed by atoms with Crippen molar-refractivity contribution in [1.82, 2.24) is 20.5 Å². The highest BCUT2D eigenvalue weighted by Gasteiger charge is 2.34. The summed E-state index contributed by atoms with van der Waals surface area (Å²) in [6.07, 6.45) is 4.26. The van der Waals surface area contributed by atoms with E-state index in [-0.39, 0.29) is 43.2 Å². The van der Waals surface area contributed by atoms with E-state index in [1.165, 1.54) is 18.3 Å². The minimum Gasteiger partial charge on any atom is -0.488 e. The Bertz CT molecular complexity index is 1460. The maximum Gasteiger partial charge on any atom is 0.258 e. The number of rotatable bonds is 3. The molecule has 3 aromatic rings. The van der Waals surface area contributed by atoms with Crippen LogP contribution in [0.3, 0.4) is 0 Å². The van der Waals surface area contributed by atoms with Gasteiger partial charge in [-0.3, -0.25) is 19.4 Å². The Morgan fingerprint density at radius 3 is 2.74 bits per heavy atom. The maximum absolute atomic E-state index is 14.6. The Kier molecular flexibility index (Phi) is 9.00. The molecule has 220 valence electrons. The Balaban J connectivity index is 1.47. The SMILES string of the molecule is CC(C)CCC(=O)N1CC[C@@H]2Oc3cc(F)cc(c3)CNC(=O)COc3cccc(c3)-c3cncc(c3)C(=O)N[C@@H]2C1. The minimum atomic E-state index is -0.553. The van der Waals surface area contributed by atoms with Gasteiger partial charge in [-0.15, -0.1) is 0 Å². The lowest BCUT2D eigenvalue weighted by Gasteiger charge is -2.39. The van der Waals surface area contributed by atoms with Crippen LogP contribution in [0.25, 0.3) is 11.1 Å². The minimum absolute atomic E-state index is 0.0291. The number of halogens is 1. The number of piperidine rings is 1. The van der Waals surface area contributed by atoms with Gasteiger partial charge in [0.05, 0.1) is 11.6 Å². The molecule has 10 heteroatoms. The van der Waals surface area contributed by atoms with E-state index in [1.807, 2.05) is 6.07 Å². The van der Waals surface area contributed by atoms with E-state index in [4.69, 9.17) is 9.47 Å². The summed E-state index contributed by atoms with van der Waals surface area (Å²) in [5, 5.41) is 5.80. The Morgan fingerprint density at radius 1 is 1.07 bits per heavy atom. The van der Waals surface area contributed by atoms with Crippen molar-refractivity contribution in [3.05, 3.63) is 77.9 Å². The number of ether oxygens (including phenoxy) is 2. The summed E-state index contributed by atoms with van der Waals surface area (Å²) >= 11 is 0. The molecule has 0 spiro atoms. The number of nitrogens with one attached hydrogen (secondary N) is 2. The molecule has 1 aromatic heterocycles. The first-order valence-electron chi connectivity index (χ1n) is 14.2. The number of carbonyl (C=O) groups is 3. The molecular formula is C32H35FN4O5. The van der Waals surface area contributed by atoms with Crippen LogP contribution >= 0.6 is 0 Å². The number of benzene rings is 2. The fourth-order valence-corrected chi connectivity index (χ4v) is 5.11. The lowest BCUT2D eigenvalue weighted by molar-refractivity contribution is -0.134. The van der Waals surface area contributed by atoms with Gasteiger partial charge in [0.15, 0.2) is 6.61 Å². The zero-order valence-corrected chi connectivity index (χ0v) is 23.8. The van der Waals surface area contributed by atoms with Crippen molar-refractivity contribution in [2.75, 3.05) is 19.7 Å². The molecule has 42 heavy (non-hydrogen) atoms. The number of hydrogen-bond donors (Lipinski definition) is 2. The molecule has 3 amide bonds. The molecule has 1 fully saturated rings. The van der Waals surface area contributed by atoms with Crippen molar-refractivity contribution in [3.63, 3.8) is 0 Å². The standard InChI is InChI=1S/C32H35FN4O5/c1-20(2)6-7-31(39)37-9-8-29-28(18-37)36-32(40)24-12-23(16-34-17-24)22-4-3-5-26(13-22)41-19-30(38)35-15-21-10-25(33)14-27(11-21)42-29/h3-5,10-14,16-17,20,28-29H,6-9,15,18-19H2,1-2H3,(H,35,38)(H,36,40)/t28-,29+/m1/s1. The molecular weight excluding hydrogens is 539 g/mol. The van der Waals surface area contributed by atoms with E-state index in [1.54, 1.807) is 41.4 Å². The second-order valence-corrected chi connectivity index (χ2v) is 11.1. The van der Waals surface area contributed by atoms with Crippen LogP contribution in [-0.4, -0.2) is 59.4 Å².